The van der Waals surface area contributed by atoms with Gasteiger partial charge in [-0.05, 0) is 36.2 Å². The maximum atomic E-state index is 13.1. The average Bonchev–Trinajstić information content (AvgIpc) is 3.49. The van der Waals surface area contributed by atoms with E-state index in [-0.39, 0.29) is 24.5 Å². The standard InChI is InChI=1S/C26H23N7O5/c1-14-3-5-16(17(9-14)23(27)34)13-29-25(36)20-11-18(31-22-7-8-30-33(20)22)24(35)28-12-15-4-6-21-19(10-15)32(2)26(37)38-21/h3-11H,12-13H2,1-2H3,(H2,27,34)(H,28,35)(H,29,36). The lowest BCUT2D eigenvalue weighted by molar-refractivity contribution is 0.0937. The Balaban J connectivity index is 1.35. The molecule has 3 amide bonds. The molecule has 192 valence electrons. The van der Waals surface area contributed by atoms with Crippen molar-refractivity contribution in [2.45, 2.75) is 20.0 Å². The van der Waals surface area contributed by atoms with Crippen LogP contribution < -0.4 is 22.1 Å². The molecule has 0 saturated carbocycles. The van der Waals surface area contributed by atoms with Crippen molar-refractivity contribution in [1.29, 1.82) is 0 Å². The van der Waals surface area contributed by atoms with Crippen molar-refractivity contribution >= 4 is 34.5 Å². The molecule has 0 aliphatic heterocycles. The highest BCUT2D eigenvalue weighted by Crippen LogP contribution is 2.15. The minimum absolute atomic E-state index is 0.0214. The highest BCUT2D eigenvalue weighted by Gasteiger charge is 2.19. The summed E-state index contributed by atoms with van der Waals surface area (Å²) in [7, 11) is 1.60. The molecule has 5 aromatic rings. The molecule has 3 heterocycles. The summed E-state index contributed by atoms with van der Waals surface area (Å²) in [6, 6.07) is 13.3. The lowest BCUT2D eigenvalue weighted by Crippen LogP contribution is -2.29. The molecule has 38 heavy (non-hydrogen) atoms. The second-order valence-electron chi connectivity index (χ2n) is 8.75. The van der Waals surface area contributed by atoms with Gasteiger partial charge in [0.1, 0.15) is 11.4 Å². The van der Waals surface area contributed by atoms with Crippen molar-refractivity contribution in [2.24, 2.45) is 12.8 Å². The summed E-state index contributed by atoms with van der Waals surface area (Å²) in [6.45, 7) is 2.04. The third kappa shape index (κ3) is 4.62. The molecule has 0 saturated heterocycles. The maximum Gasteiger partial charge on any atom is 0.419 e. The van der Waals surface area contributed by atoms with Crippen molar-refractivity contribution < 1.29 is 18.8 Å². The monoisotopic (exact) mass is 513 g/mol. The lowest BCUT2D eigenvalue weighted by atomic mass is 10.0. The number of primary amides is 1. The number of benzene rings is 2. The first-order valence-corrected chi connectivity index (χ1v) is 11.6. The smallest absolute Gasteiger partial charge is 0.408 e. The second-order valence-corrected chi connectivity index (χ2v) is 8.75. The Morgan fingerprint density at radius 3 is 2.58 bits per heavy atom. The zero-order valence-electron chi connectivity index (χ0n) is 20.5. The van der Waals surface area contributed by atoms with Gasteiger partial charge in [0.05, 0.1) is 11.7 Å². The highest BCUT2D eigenvalue weighted by atomic mass is 16.4. The predicted molar refractivity (Wildman–Crippen MR) is 136 cm³/mol. The summed E-state index contributed by atoms with van der Waals surface area (Å²) < 4.78 is 7.83. The number of hydrogen-bond donors (Lipinski definition) is 3. The molecule has 12 heteroatoms. The number of nitrogens with zero attached hydrogens (tertiary/aromatic N) is 4. The molecule has 5 rings (SSSR count). The summed E-state index contributed by atoms with van der Waals surface area (Å²) in [5.74, 6) is -2.08. The first-order chi connectivity index (χ1) is 18.2. The van der Waals surface area contributed by atoms with Crippen LogP contribution in [0.4, 0.5) is 0 Å². The molecule has 0 atom stereocenters. The largest absolute Gasteiger partial charge is 0.419 e. The van der Waals surface area contributed by atoms with Crippen LogP contribution in [0.3, 0.4) is 0 Å². The van der Waals surface area contributed by atoms with Crippen LogP contribution in [0.2, 0.25) is 0 Å². The van der Waals surface area contributed by atoms with Crippen molar-refractivity contribution in [1.82, 2.24) is 29.8 Å². The molecule has 4 N–H and O–H groups in total. The molecule has 0 aliphatic carbocycles. The third-order valence-electron chi connectivity index (χ3n) is 6.10. The van der Waals surface area contributed by atoms with Crippen LogP contribution in [-0.4, -0.2) is 36.9 Å². The summed E-state index contributed by atoms with van der Waals surface area (Å²) in [5.41, 5.74) is 9.45. The van der Waals surface area contributed by atoms with E-state index < -0.39 is 23.5 Å². The van der Waals surface area contributed by atoms with Crippen LogP contribution >= 0.6 is 0 Å². The molecule has 0 aliphatic rings. The molecular formula is C26H23N7O5. The Bertz CT molecular complexity index is 1800. The van der Waals surface area contributed by atoms with E-state index >= 15 is 0 Å². The van der Waals surface area contributed by atoms with E-state index in [1.165, 1.54) is 21.3 Å². The molecular weight excluding hydrogens is 490 g/mol. The molecule has 2 aromatic carbocycles. The van der Waals surface area contributed by atoms with Gasteiger partial charge in [0.2, 0.25) is 5.91 Å². The number of nitrogens with one attached hydrogen (secondary N) is 2. The van der Waals surface area contributed by atoms with Crippen LogP contribution in [0, 0.1) is 6.92 Å². The Labute approximate surface area is 215 Å². The minimum Gasteiger partial charge on any atom is -0.408 e. The number of nitrogens with two attached hydrogens (primary N) is 1. The average molecular weight is 514 g/mol. The molecule has 0 bridgehead atoms. The predicted octanol–water partition coefficient (Wildman–Crippen LogP) is 1.44. The summed E-state index contributed by atoms with van der Waals surface area (Å²) in [6.07, 6.45) is 1.47. The third-order valence-corrected chi connectivity index (χ3v) is 6.10. The number of rotatable bonds is 7. The van der Waals surface area contributed by atoms with Gasteiger partial charge < -0.3 is 20.8 Å². The van der Waals surface area contributed by atoms with E-state index in [1.54, 1.807) is 43.4 Å². The minimum atomic E-state index is -0.593. The van der Waals surface area contributed by atoms with Gasteiger partial charge in [-0.3, -0.25) is 19.0 Å². The zero-order valence-corrected chi connectivity index (χ0v) is 20.5. The van der Waals surface area contributed by atoms with Gasteiger partial charge in [-0.2, -0.15) is 5.10 Å². The normalized spacial score (nSPS) is 11.1. The fourth-order valence-corrected chi connectivity index (χ4v) is 4.09. The van der Waals surface area contributed by atoms with E-state index in [1.807, 2.05) is 13.0 Å². The Morgan fingerprint density at radius 2 is 1.79 bits per heavy atom. The summed E-state index contributed by atoms with van der Waals surface area (Å²) in [4.78, 5) is 53.9. The van der Waals surface area contributed by atoms with Gasteiger partial charge in [-0.1, -0.05) is 23.8 Å². The zero-order chi connectivity index (χ0) is 27.0. The number of aryl methyl sites for hydroxylation is 2. The molecule has 12 nitrogen and oxygen atoms in total. The number of oxazole rings is 1. The fourth-order valence-electron chi connectivity index (χ4n) is 4.09. The topological polar surface area (TPSA) is 167 Å². The number of carbonyl (C=O) groups is 3. The first kappa shape index (κ1) is 24.4. The lowest BCUT2D eigenvalue weighted by Gasteiger charge is -2.11. The van der Waals surface area contributed by atoms with E-state index in [4.69, 9.17) is 10.2 Å². The highest BCUT2D eigenvalue weighted by molar-refractivity contribution is 5.98. The van der Waals surface area contributed by atoms with Crippen LogP contribution in [0.5, 0.6) is 0 Å². The SMILES string of the molecule is Cc1ccc(CNC(=O)c2cc(C(=O)NCc3ccc4oc(=O)n(C)c4c3)nc3ccnn23)c(C(N)=O)c1. The molecule has 0 spiro atoms. The Morgan fingerprint density at radius 1 is 1.00 bits per heavy atom. The first-order valence-electron chi connectivity index (χ1n) is 11.6. The molecule has 3 aromatic heterocycles. The number of hydrogen-bond acceptors (Lipinski definition) is 7. The second kappa shape index (κ2) is 9.65. The van der Waals surface area contributed by atoms with Gasteiger partial charge >= 0.3 is 5.76 Å². The number of aromatic nitrogens is 4. The van der Waals surface area contributed by atoms with Gasteiger partial charge in [-0.25, -0.2) is 14.3 Å². The number of fused-ring (bicyclic) bond motifs is 2. The van der Waals surface area contributed by atoms with Crippen molar-refractivity contribution in [3.05, 3.63) is 98.9 Å². The molecule has 0 unspecified atom stereocenters. The number of carbonyl (C=O) groups excluding carboxylic acids is 3. The van der Waals surface area contributed by atoms with E-state index in [0.29, 0.717) is 27.9 Å². The molecule has 0 fully saturated rings. The Hall–Kier alpha value is -5.26. The van der Waals surface area contributed by atoms with E-state index in [0.717, 1.165) is 11.1 Å². The van der Waals surface area contributed by atoms with E-state index in [9.17, 15) is 19.2 Å². The van der Waals surface area contributed by atoms with Crippen LogP contribution in [0.1, 0.15) is 48.0 Å². The maximum absolute atomic E-state index is 13.1. The fraction of sp³-hybridized carbons (Fsp3) is 0.154. The van der Waals surface area contributed by atoms with Gasteiger partial charge in [0.15, 0.2) is 11.2 Å². The summed E-state index contributed by atoms with van der Waals surface area (Å²) >= 11 is 0. The van der Waals surface area contributed by atoms with Crippen LogP contribution in [-0.2, 0) is 20.1 Å². The molecule has 0 radical (unpaired) electrons. The van der Waals surface area contributed by atoms with Gasteiger partial charge in [0, 0.05) is 37.8 Å². The van der Waals surface area contributed by atoms with Gasteiger partial charge in [-0.15, -0.1) is 0 Å². The van der Waals surface area contributed by atoms with Crippen molar-refractivity contribution in [2.75, 3.05) is 0 Å². The quantitative estimate of drug-likeness (QED) is 0.296. The van der Waals surface area contributed by atoms with Crippen molar-refractivity contribution in [3.63, 3.8) is 0 Å². The Kier molecular flexibility index (Phi) is 6.21. The summed E-state index contributed by atoms with van der Waals surface area (Å²) in [5, 5.41) is 9.67. The van der Waals surface area contributed by atoms with Gasteiger partial charge in [0.25, 0.3) is 11.8 Å². The number of amides is 3. The van der Waals surface area contributed by atoms with Crippen LogP contribution in [0.15, 0.2) is 63.9 Å². The van der Waals surface area contributed by atoms with Crippen molar-refractivity contribution in [3.8, 4) is 0 Å². The van der Waals surface area contributed by atoms with E-state index in [2.05, 4.69) is 20.7 Å². The van der Waals surface area contributed by atoms with Crippen LogP contribution in [0.25, 0.3) is 16.7 Å².